The molecular weight excluding hydrogens is 350 g/mol. The predicted molar refractivity (Wildman–Crippen MR) is 105 cm³/mol. The molecule has 1 atom stereocenters. The average Bonchev–Trinajstić information content (AvgIpc) is 2.87. The first-order valence-electron chi connectivity index (χ1n) is 8.36. The van der Waals surface area contributed by atoms with Crippen molar-refractivity contribution in [2.75, 3.05) is 13.7 Å². The van der Waals surface area contributed by atoms with Gasteiger partial charge in [-0.3, -0.25) is 20.3 Å². The Kier molecular flexibility index (Phi) is 7.11. The molecule has 1 aromatic carbocycles. The summed E-state index contributed by atoms with van der Waals surface area (Å²) in [6.45, 7) is 6.76. The minimum atomic E-state index is -0.275. The van der Waals surface area contributed by atoms with E-state index in [0.717, 1.165) is 11.3 Å². The molecule has 0 saturated heterocycles. The second-order valence-electron chi connectivity index (χ2n) is 6.10. The van der Waals surface area contributed by atoms with Crippen molar-refractivity contribution in [3.8, 4) is 0 Å². The van der Waals surface area contributed by atoms with Crippen molar-refractivity contribution in [3.05, 3.63) is 52.8 Å². The lowest BCUT2D eigenvalue weighted by atomic mass is 10.2. The van der Waals surface area contributed by atoms with Crippen LogP contribution >= 0.6 is 12.2 Å². The summed E-state index contributed by atoms with van der Waals surface area (Å²) in [6.07, 6.45) is 0. The molecule has 0 aliphatic rings. The van der Waals surface area contributed by atoms with Crippen molar-refractivity contribution in [2.45, 2.75) is 33.4 Å². The molecule has 0 saturated carbocycles. The SMILES string of the molecule is COC[C@@H](C)NC(=S)NNC(=O)c1c(C)nn(Cc2ccccc2)c1C. The van der Waals surface area contributed by atoms with Crippen molar-refractivity contribution in [2.24, 2.45) is 0 Å². The highest BCUT2D eigenvalue weighted by atomic mass is 32.1. The number of amides is 1. The summed E-state index contributed by atoms with van der Waals surface area (Å²) in [6, 6.07) is 10.0. The largest absolute Gasteiger partial charge is 0.383 e. The maximum atomic E-state index is 12.5. The fraction of sp³-hybridized carbons (Fsp3) is 0.389. The molecule has 0 bridgehead atoms. The molecule has 0 spiro atoms. The normalized spacial score (nSPS) is 11.7. The molecular formula is C18H25N5O2S. The van der Waals surface area contributed by atoms with Gasteiger partial charge in [-0.2, -0.15) is 5.10 Å². The van der Waals surface area contributed by atoms with E-state index in [1.54, 1.807) is 7.11 Å². The van der Waals surface area contributed by atoms with E-state index in [4.69, 9.17) is 17.0 Å². The number of nitrogens with one attached hydrogen (secondary N) is 3. The van der Waals surface area contributed by atoms with E-state index in [0.29, 0.717) is 29.5 Å². The summed E-state index contributed by atoms with van der Waals surface area (Å²) < 4.78 is 6.86. The number of methoxy groups -OCH3 is 1. The second-order valence-corrected chi connectivity index (χ2v) is 6.51. The third-order valence-electron chi connectivity index (χ3n) is 3.87. The number of ether oxygens (including phenoxy) is 1. The highest BCUT2D eigenvalue weighted by molar-refractivity contribution is 7.80. The Labute approximate surface area is 159 Å². The van der Waals surface area contributed by atoms with E-state index in [1.807, 2.05) is 55.8 Å². The van der Waals surface area contributed by atoms with Crippen molar-refractivity contribution >= 4 is 23.2 Å². The van der Waals surface area contributed by atoms with Gasteiger partial charge in [-0.05, 0) is 38.6 Å². The average molecular weight is 375 g/mol. The first-order chi connectivity index (χ1) is 12.4. The number of carbonyl (C=O) groups excluding carboxylic acids is 1. The van der Waals surface area contributed by atoms with E-state index in [9.17, 15) is 4.79 Å². The zero-order valence-corrected chi connectivity index (χ0v) is 16.3. The molecule has 7 nitrogen and oxygen atoms in total. The van der Waals surface area contributed by atoms with Gasteiger partial charge in [0.15, 0.2) is 5.11 Å². The van der Waals surface area contributed by atoms with Gasteiger partial charge < -0.3 is 10.1 Å². The highest BCUT2D eigenvalue weighted by Crippen LogP contribution is 2.14. The molecule has 26 heavy (non-hydrogen) atoms. The number of rotatable bonds is 6. The number of benzene rings is 1. The standard InChI is InChI=1S/C18H25N5O2S/c1-12(11-25-4)19-18(26)21-20-17(24)16-13(2)22-23(14(16)3)10-15-8-6-5-7-9-15/h5-9,12H,10-11H2,1-4H3,(H,20,24)(H2,19,21,26)/t12-/m1/s1. The van der Waals surface area contributed by atoms with Crippen molar-refractivity contribution in [3.63, 3.8) is 0 Å². The van der Waals surface area contributed by atoms with E-state index >= 15 is 0 Å². The molecule has 0 unspecified atom stereocenters. The molecule has 0 fully saturated rings. The van der Waals surface area contributed by atoms with E-state index in [-0.39, 0.29) is 11.9 Å². The van der Waals surface area contributed by atoms with Crippen LogP contribution in [0.1, 0.15) is 34.2 Å². The molecule has 140 valence electrons. The van der Waals surface area contributed by atoms with Crippen LogP contribution in [0.25, 0.3) is 0 Å². The second kappa shape index (κ2) is 9.30. The minimum absolute atomic E-state index is 0.0361. The summed E-state index contributed by atoms with van der Waals surface area (Å²) >= 11 is 5.16. The van der Waals surface area contributed by atoms with Crippen LogP contribution in [0.15, 0.2) is 30.3 Å². The number of aryl methyl sites for hydroxylation is 1. The maximum Gasteiger partial charge on any atom is 0.273 e. The Hall–Kier alpha value is -2.45. The molecule has 1 amide bonds. The molecule has 0 aliphatic heterocycles. The van der Waals surface area contributed by atoms with E-state index in [1.165, 1.54) is 0 Å². The zero-order chi connectivity index (χ0) is 19.1. The van der Waals surface area contributed by atoms with Crippen LogP contribution in [-0.4, -0.2) is 40.6 Å². The highest BCUT2D eigenvalue weighted by Gasteiger charge is 2.19. The van der Waals surface area contributed by atoms with Gasteiger partial charge in [0.25, 0.3) is 5.91 Å². The van der Waals surface area contributed by atoms with Crippen molar-refractivity contribution in [1.82, 2.24) is 25.9 Å². The summed E-state index contributed by atoms with van der Waals surface area (Å²) in [7, 11) is 1.62. The Balaban J connectivity index is 2.00. The van der Waals surface area contributed by atoms with Crippen LogP contribution in [0.4, 0.5) is 0 Å². The van der Waals surface area contributed by atoms with E-state index in [2.05, 4.69) is 21.3 Å². The lowest BCUT2D eigenvalue weighted by Crippen LogP contribution is -2.50. The minimum Gasteiger partial charge on any atom is -0.383 e. The molecule has 3 N–H and O–H groups in total. The Morgan fingerprint density at radius 3 is 2.62 bits per heavy atom. The fourth-order valence-electron chi connectivity index (χ4n) is 2.66. The predicted octanol–water partition coefficient (Wildman–Crippen LogP) is 1.69. The Morgan fingerprint density at radius 2 is 1.96 bits per heavy atom. The summed E-state index contributed by atoms with van der Waals surface area (Å²) in [4.78, 5) is 12.5. The van der Waals surface area contributed by atoms with Crippen LogP contribution in [0.2, 0.25) is 0 Å². The molecule has 2 aromatic rings. The smallest absolute Gasteiger partial charge is 0.273 e. The van der Waals surface area contributed by atoms with Crippen molar-refractivity contribution < 1.29 is 9.53 Å². The third kappa shape index (κ3) is 5.27. The fourth-order valence-corrected chi connectivity index (χ4v) is 2.92. The first kappa shape index (κ1) is 19.9. The van der Waals surface area contributed by atoms with Gasteiger partial charge in [-0.1, -0.05) is 30.3 Å². The number of carbonyl (C=O) groups is 1. The summed E-state index contributed by atoms with van der Waals surface area (Å²) in [5.41, 5.74) is 8.47. The monoisotopic (exact) mass is 375 g/mol. The van der Waals surface area contributed by atoms with Crippen LogP contribution in [0.3, 0.4) is 0 Å². The lowest BCUT2D eigenvalue weighted by Gasteiger charge is -2.16. The first-order valence-corrected chi connectivity index (χ1v) is 8.77. The van der Waals surface area contributed by atoms with Gasteiger partial charge in [0.1, 0.15) is 0 Å². The Bertz CT molecular complexity index is 760. The van der Waals surface area contributed by atoms with Gasteiger partial charge in [-0.25, -0.2) is 0 Å². The number of hydrogen-bond donors (Lipinski definition) is 3. The number of aromatic nitrogens is 2. The number of hydrogen-bond acceptors (Lipinski definition) is 4. The molecule has 1 heterocycles. The molecule has 0 radical (unpaired) electrons. The number of hydrazine groups is 1. The van der Waals surface area contributed by atoms with Crippen LogP contribution in [-0.2, 0) is 11.3 Å². The number of nitrogens with zero attached hydrogens (tertiary/aromatic N) is 2. The summed E-state index contributed by atoms with van der Waals surface area (Å²) in [5, 5.41) is 7.83. The Morgan fingerprint density at radius 1 is 1.27 bits per heavy atom. The number of thiocarbonyl (C=S) groups is 1. The van der Waals surface area contributed by atoms with Gasteiger partial charge in [0.05, 0.1) is 24.4 Å². The molecule has 2 rings (SSSR count). The van der Waals surface area contributed by atoms with Crippen LogP contribution < -0.4 is 16.2 Å². The van der Waals surface area contributed by atoms with Gasteiger partial charge >= 0.3 is 0 Å². The van der Waals surface area contributed by atoms with Crippen LogP contribution in [0, 0.1) is 13.8 Å². The molecule has 1 aromatic heterocycles. The van der Waals surface area contributed by atoms with Gasteiger partial charge in [0.2, 0.25) is 0 Å². The third-order valence-corrected chi connectivity index (χ3v) is 4.09. The van der Waals surface area contributed by atoms with Gasteiger partial charge in [0, 0.05) is 18.8 Å². The van der Waals surface area contributed by atoms with Crippen molar-refractivity contribution in [1.29, 1.82) is 0 Å². The molecule has 0 aliphatic carbocycles. The molecule has 8 heteroatoms. The lowest BCUT2D eigenvalue weighted by molar-refractivity contribution is 0.0942. The maximum absolute atomic E-state index is 12.5. The quantitative estimate of drug-likeness (QED) is 0.527. The topological polar surface area (TPSA) is 80.2 Å². The van der Waals surface area contributed by atoms with Gasteiger partial charge in [-0.15, -0.1) is 0 Å². The van der Waals surface area contributed by atoms with E-state index < -0.39 is 0 Å². The zero-order valence-electron chi connectivity index (χ0n) is 15.5. The van der Waals surface area contributed by atoms with Crippen LogP contribution in [0.5, 0.6) is 0 Å². The summed E-state index contributed by atoms with van der Waals surface area (Å²) in [5.74, 6) is -0.275.